The highest BCUT2D eigenvalue weighted by Crippen LogP contribution is 2.34. The quantitative estimate of drug-likeness (QED) is 0.846. The lowest BCUT2D eigenvalue weighted by molar-refractivity contribution is 0.207. The summed E-state index contributed by atoms with van der Waals surface area (Å²) in [6, 6.07) is 4.87. The van der Waals surface area contributed by atoms with E-state index in [0.29, 0.717) is 22.5 Å². The first-order valence-electron chi connectivity index (χ1n) is 6.74. The summed E-state index contributed by atoms with van der Waals surface area (Å²) in [7, 11) is 0. The molecule has 1 nitrogen and oxygen atoms in total. The Morgan fingerprint density at radius 3 is 2.67 bits per heavy atom. The van der Waals surface area contributed by atoms with E-state index in [1.54, 1.807) is 12.1 Å². The maximum atomic E-state index is 13.6. The Bertz CT molecular complexity index is 399. The molecule has 0 spiro atoms. The zero-order valence-corrected chi connectivity index (χ0v) is 11.7. The third kappa shape index (κ3) is 3.69. The number of hydrogen-bond acceptors (Lipinski definition) is 1. The summed E-state index contributed by atoms with van der Waals surface area (Å²) in [5.74, 6) is -0.219. The van der Waals surface area contributed by atoms with Crippen LogP contribution in [-0.2, 0) is 6.54 Å². The predicted octanol–water partition coefficient (Wildman–Crippen LogP) is 4.54. The van der Waals surface area contributed by atoms with E-state index in [4.69, 9.17) is 11.6 Å². The lowest BCUT2D eigenvalue weighted by Gasteiger charge is -2.33. The van der Waals surface area contributed by atoms with Gasteiger partial charge in [-0.2, -0.15) is 0 Å². The van der Waals surface area contributed by atoms with Crippen molar-refractivity contribution in [2.75, 3.05) is 6.54 Å². The van der Waals surface area contributed by atoms with Crippen molar-refractivity contribution in [2.24, 2.45) is 5.41 Å². The zero-order valence-electron chi connectivity index (χ0n) is 10.9. The van der Waals surface area contributed by atoms with E-state index >= 15 is 0 Å². The van der Waals surface area contributed by atoms with Gasteiger partial charge in [-0.05, 0) is 30.4 Å². The molecule has 1 saturated carbocycles. The second kappa shape index (κ2) is 6.03. The SMILES string of the molecule is CC1(CNCc2ccc(Cl)cc2F)CCCCC1. The van der Waals surface area contributed by atoms with Crippen LogP contribution >= 0.6 is 11.6 Å². The molecule has 0 radical (unpaired) electrons. The minimum absolute atomic E-state index is 0.219. The molecule has 1 aromatic rings. The van der Waals surface area contributed by atoms with Crippen molar-refractivity contribution in [3.05, 3.63) is 34.6 Å². The predicted molar refractivity (Wildman–Crippen MR) is 74.3 cm³/mol. The molecule has 100 valence electrons. The van der Waals surface area contributed by atoms with Gasteiger partial charge in [-0.15, -0.1) is 0 Å². The molecule has 0 aliphatic heterocycles. The monoisotopic (exact) mass is 269 g/mol. The molecule has 0 heterocycles. The molecular weight excluding hydrogens is 249 g/mol. The average Bonchev–Trinajstić information content (AvgIpc) is 2.33. The molecule has 3 heteroatoms. The number of hydrogen-bond donors (Lipinski definition) is 1. The average molecular weight is 270 g/mol. The Balaban J connectivity index is 1.84. The minimum atomic E-state index is -0.219. The molecule has 1 aromatic carbocycles. The van der Waals surface area contributed by atoms with Crippen LogP contribution in [0.1, 0.15) is 44.6 Å². The van der Waals surface area contributed by atoms with E-state index in [0.717, 1.165) is 6.54 Å². The van der Waals surface area contributed by atoms with Gasteiger partial charge in [0.05, 0.1) is 0 Å². The molecule has 0 unspecified atom stereocenters. The van der Waals surface area contributed by atoms with Gasteiger partial charge in [0, 0.05) is 23.7 Å². The second-order valence-corrected chi connectivity index (χ2v) is 6.15. The highest BCUT2D eigenvalue weighted by Gasteiger charge is 2.26. The van der Waals surface area contributed by atoms with Crippen LogP contribution in [0.15, 0.2) is 18.2 Å². The Hall–Kier alpha value is -0.600. The molecular formula is C15H21ClFN. The molecule has 0 amide bonds. The van der Waals surface area contributed by atoms with E-state index < -0.39 is 0 Å². The lowest BCUT2D eigenvalue weighted by Crippen LogP contribution is -2.33. The second-order valence-electron chi connectivity index (χ2n) is 5.71. The first kappa shape index (κ1) is 13.8. The highest BCUT2D eigenvalue weighted by atomic mass is 35.5. The maximum absolute atomic E-state index is 13.6. The topological polar surface area (TPSA) is 12.0 Å². The van der Waals surface area contributed by atoms with Gasteiger partial charge in [0.15, 0.2) is 0 Å². The van der Waals surface area contributed by atoms with Crippen LogP contribution in [0.2, 0.25) is 5.02 Å². The van der Waals surface area contributed by atoms with Crippen LogP contribution in [0, 0.1) is 11.2 Å². The van der Waals surface area contributed by atoms with Crippen molar-refractivity contribution >= 4 is 11.6 Å². The summed E-state index contributed by atoms with van der Waals surface area (Å²) >= 11 is 5.73. The smallest absolute Gasteiger partial charge is 0.129 e. The van der Waals surface area contributed by atoms with Gasteiger partial charge in [-0.1, -0.05) is 43.9 Å². The van der Waals surface area contributed by atoms with Crippen LogP contribution in [0.25, 0.3) is 0 Å². The molecule has 0 bridgehead atoms. The van der Waals surface area contributed by atoms with Gasteiger partial charge in [0.25, 0.3) is 0 Å². The van der Waals surface area contributed by atoms with Crippen molar-refractivity contribution < 1.29 is 4.39 Å². The van der Waals surface area contributed by atoms with E-state index in [1.165, 1.54) is 38.2 Å². The van der Waals surface area contributed by atoms with Crippen LogP contribution in [0.5, 0.6) is 0 Å². The molecule has 1 aliphatic rings. The lowest BCUT2D eigenvalue weighted by atomic mass is 9.76. The first-order chi connectivity index (χ1) is 8.59. The summed E-state index contributed by atoms with van der Waals surface area (Å²) in [5, 5.41) is 3.84. The molecule has 2 rings (SSSR count). The number of nitrogens with one attached hydrogen (secondary N) is 1. The van der Waals surface area contributed by atoms with E-state index in [1.807, 2.05) is 0 Å². The Labute approximate surface area is 114 Å². The fourth-order valence-electron chi connectivity index (χ4n) is 2.75. The van der Waals surface area contributed by atoms with Gasteiger partial charge in [0.2, 0.25) is 0 Å². The Morgan fingerprint density at radius 2 is 2.00 bits per heavy atom. The number of benzene rings is 1. The molecule has 18 heavy (non-hydrogen) atoms. The fraction of sp³-hybridized carbons (Fsp3) is 0.600. The van der Waals surface area contributed by atoms with Gasteiger partial charge >= 0.3 is 0 Å². The largest absolute Gasteiger partial charge is 0.312 e. The maximum Gasteiger partial charge on any atom is 0.129 e. The number of rotatable bonds is 4. The summed E-state index contributed by atoms with van der Waals surface area (Å²) in [6.45, 7) is 3.88. The minimum Gasteiger partial charge on any atom is -0.312 e. The molecule has 1 N–H and O–H groups in total. The Morgan fingerprint density at radius 1 is 1.28 bits per heavy atom. The molecule has 0 aromatic heterocycles. The van der Waals surface area contributed by atoms with E-state index in [2.05, 4.69) is 12.2 Å². The normalized spacial score (nSPS) is 18.8. The van der Waals surface area contributed by atoms with Crippen molar-refractivity contribution in [1.82, 2.24) is 5.32 Å². The van der Waals surface area contributed by atoms with Crippen molar-refractivity contribution in [2.45, 2.75) is 45.6 Å². The van der Waals surface area contributed by atoms with Crippen molar-refractivity contribution in [3.8, 4) is 0 Å². The first-order valence-corrected chi connectivity index (χ1v) is 7.12. The van der Waals surface area contributed by atoms with Gasteiger partial charge in [-0.25, -0.2) is 4.39 Å². The summed E-state index contributed by atoms with van der Waals surface area (Å²) in [5.41, 5.74) is 1.08. The van der Waals surface area contributed by atoms with Crippen molar-refractivity contribution in [3.63, 3.8) is 0 Å². The van der Waals surface area contributed by atoms with Gasteiger partial charge in [-0.3, -0.25) is 0 Å². The van der Waals surface area contributed by atoms with Crippen molar-refractivity contribution in [1.29, 1.82) is 0 Å². The van der Waals surface area contributed by atoms with Gasteiger partial charge < -0.3 is 5.32 Å². The fourth-order valence-corrected chi connectivity index (χ4v) is 2.90. The molecule has 1 fully saturated rings. The standard InChI is InChI=1S/C15H21ClFN/c1-15(7-3-2-4-8-15)11-18-10-12-5-6-13(16)9-14(12)17/h5-6,9,18H,2-4,7-8,10-11H2,1H3. The third-order valence-corrected chi connectivity index (χ3v) is 4.18. The summed E-state index contributed by atoms with van der Waals surface area (Å²) in [4.78, 5) is 0. The summed E-state index contributed by atoms with van der Waals surface area (Å²) in [6.07, 6.45) is 6.58. The van der Waals surface area contributed by atoms with Gasteiger partial charge in [0.1, 0.15) is 5.82 Å². The molecule has 0 saturated heterocycles. The highest BCUT2D eigenvalue weighted by molar-refractivity contribution is 6.30. The zero-order chi connectivity index (χ0) is 13.0. The molecule has 1 aliphatic carbocycles. The van der Waals surface area contributed by atoms with Crippen LogP contribution < -0.4 is 5.32 Å². The van der Waals surface area contributed by atoms with E-state index in [-0.39, 0.29) is 5.82 Å². The van der Waals surface area contributed by atoms with E-state index in [9.17, 15) is 4.39 Å². The molecule has 0 atom stereocenters. The summed E-state index contributed by atoms with van der Waals surface area (Å²) < 4.78 is 13.6. The van der Waals surface area contributed by atoms with Crippen LogP contribution in [0.4, 0.5) is 4.39 Å². The van der Waals surface area contributed by atoms with Crippen LogP contribution in [-0.4, -0.2) is 6.54 Å². The van der Waals surface area contributed by atoms with Crippen LogP contribution in [0.3, 0.4) is 0 Å². The third-order valence-electron chi connectivity index (χ3n) is 3.94. The Kier molecular flexibility index (Phi) is 4.63. The number of halogens is 2.